The molecule has 0 spiro atoms. The zero-order valence-electron chi connectivity index (χ0n) is 10.7. The summed E-state index contributed by atoms with van der Waals surface area (Å²) in [6.45, 7) is 0. The average molecular weight is 261 g/mol. The van der Waals surface area contributed by atoms with E-state index >= 15 is 0 Å². The van der Waals surface area contributed by atoms with Gasteiger partial charge < -0.3 is 0 Å². The third-order valence-electron chi connectivity index (χ3n) is 3.68. The minimum absolute atomic E-state index is 0.137. The van der Waals surface area contributed by atoms with E-state index in [9.17, 15) is 15.3 Å². The first-order valence-corrected chi connectivity index (χ1v) is 6.30. The molecule has 4 heteroatoms. The highest BCUT2D eigenvalue weighted by Crippen LogP contribution is 2.35. The molecule has 1 aliphatic carbocycles. The van der Waals surface area contributed by atoms with Gasteiger partial charge in [0.25, 0.3) is 5.56 Å². The second-order valence-corrected chi connectivity index (χ2v) is 5.03. The molecule has 1 aliphatic rings. The van der Waals surface area contributed by atoms with Crippen molar-refractivity contribution in [2.45, 2.75) is 12.8 Å². The first-order chi connectivity index (χ1) is 9.67. The monoisotopic (exact) mass is 261 g/mol. The van der Waals surface area contributed by atoms with Crippen LogP contribution in [0.3, 0.4) is 0 Å². The maximum atomic E-state index is 12.2. The molecule has 0 unspecified atom stereocenters. The summed E-state index contributed by atoms with van der Waals surface area (Å²) in [4.78, 5) is 12.2. The predicted molar refractivity (Wildman–Crippen MR) is 73.1 cm³/mol. The molecule has 0 fully saturated rings. The van der Waals surface area contributed by atoms with E-state index < -0.39 is 5.41 Å². The third kappa shape index (κ3) is 1.79. The van der Waals surface area contributed by atoms with Gasteiger partial charge in [0.15, 0.2) is 5.41 Å². The maximum Gasteiger partial charge on any atom is 0.255 e. The van der Waals surface area contributed by atoms with Gasteiger partial charge in [-0.3, -0.25) is 9.36 Å². The van der Waals surface area contributed by atoms with Crippen molar-refractivity contribution in [2.24, 2.45) is 5.41 Å². The summed E-state index contributed by atoms with van der Waals surface area (Å²) in [6.07, 6.45) is 2.46. The number of nitriles is 2. The second-order valence-electron chi connectivity index (χ2n) is 5.03. The number of nitrogens with zero attached hydrogens (tertiary/aromatic N) is 3. The van der Waals surface area contributed by atoms with Crippen molar-refractivity contribution < 1.29 is 0 Å². The second kappa shape index (κ2) is 4.36. The van der Waals surface area contributed by atoms with Crippen LogP contribution < -0.4 is 5.56 Å². The van der Waals surface area contributed by atoms with Crippen molar-refractivity contribution in [1.82, 2.24) is 4.57 Å². The lowest BCUT2D eigenvalue weighted by molar-refractivity contribution is 0.560. The predicted octanol–water partition coefficient (Wildman–Crippen LogP) is 1.97. The lowest BCUT2D eigenvalue weighted by atomic mass is 9.89. The Kier molecular flexibility index (Phi) is 2.66. The van der Waals surface area contributed by atoms with Crippen molar-refractivity contribution >= 4 is 0 Å². The van der Waals surface area contributed by atoms with Crippen LogP contribution in [-0.2, 0) is 12.8 Å². The first kappa shape index (κ1) is 12.2. The molecule has 0 radical (unpaired) electrons. The van der Waals surface area contributed by atoms with Gasteiger partial charge in [0, 0.05) is 30.8 Å². The van der Waals surface area contributed by atoms with Gasteiger partial charge in [-0.1, -0.05) is 18.2 Å². The fourth-order valence-electron chi connectivity index (χ4n) is 2.62. The quantitative estimate of drug-likeness (QED) is 0.788. The van der Waals surface area contributed by atoms with Gasteiger partial charge in [0.1, 0.15) is 0 Å². The van der Waals surface area contributed by atoms with Crippen molar-refractivity contribution in [3.8, 4) is 17.8 Å². The zero-order chi connectivity index (χ0) is 14.2. The standard InChI is InChI=1S/C16H11N3O/c17-10-16(11-18)7-12-6-15(20)19(9-13(12)8-16)14-4-2-1-3-5-14/h1-6,9H,7-8H2. The van der Waals surface area contributed by atoms with Crippen molar-refractivity contribution in [2.75, 3.05) is 0 Å². The van der Waals surface area contributed by atoms with E-state index in [1.165, 1.54) is 0 Å². The Bertz CT molecular complexity index is 792. The van der Waals surface area contributed by atoms with Gasteiger partial charge in [-0.25, -0.2) is 0 Å². The molecule has 2 aromatic rings. The molecular formula is C16H11N3O. The van der Waals surface area contributed by atoms with E-state index in [1.807, 2.05) is 30.3 Å². The van der Waals surface area contributed by atoms with Crippen LogP contribution in [0, 0.1) is 28.1 Å². The first-order valence-electron chi connectivity index (χ1n) is 6.30. The minimum atomic E-state index is -1.02. The smallest absolute Gasteiger partial charge is 0.255 e. The lowest BCUT2D eigenvalue weighted by Crippen LogP contribution is -2.17. The van der Waals surface area contributed by atoms with Crippen LogP contribution in [0.2, 0.25) is 0 Å². The van der Waals surface area contributed by atoms with Gasteiger partial charge in [-0.2, -0.15) is 10.5 Å². The molecule has 3 rings (SSSR count). The third-order valence-corrected chi connectivity index (χ3v) is 3.68. The molecule has 96 valence electrons. The molecule has 1 aromatic carbocycles. The molecule has 1 heterocycles. The molecule has 4 nitrogen and oxygen atoms in total. The summed E-state index contributed by atoms with van der Waals surface area (Å²) in [5, 5.41) is 18.4. The van der Waals surface area contributed by atoms with Gasteiger partial charge in [-0.15, -0.1) is 0 Å². The number of fused-ring (bicyclic) bond motifs is 1. The van der Waals surface area contributed by atoms with E-state index in [-0.39, 0.29) is 5.56 Å². The Morgan fingerprint density at radius 3 is 2.35 bits per heavy atom. The molecule has 0 N–H and O–H groups in total. The molecule has 0 saturated carbocycles. The van der Waals surface area contributed by atoms with Gasteiger partial charge in [0.05, 0.1) is 12.1 Å². The average Bonchev–Trinajstić information content (AvgIpc) is 2.85. The van der Waals surface area contributed by atoms with Crippen molar-refractivity contribution in [3.63, 3.8) is 0 Å². The van der Waals surface area contributed by atoms with Crippen LogP contribution in [0.4, 0.5) is 0 Å². The van der Waals surface area contributed by atoms with Gasteiger partial charge >= 0.3 is 0 Å². The molecule has 0 amide bonds. The van der Waals surface area contributed by atoms with Crippen LogP contribution in [0.15, 0.2) is 47.4 Å². The highest BCUT2D eigenvalue weighted by atomic mass is 16.1. The highest BCUT2D eigenvalue weighted by molar-refractivity contribution is 5.42. The topological polar surface area (TPSA) is 69.6 Å². The maximum absolute atomic E-state index is 12.2. The molecule has 1 aromatic heterocycles. The summed E-state index contributed by atoms with van der Waals surface area (Å²) in [5.74, 6) is 0. The number of hydrogen-bond donors (Lipinski definition) is 0. The fourth-order valence-corrected chi connectivity index (χ4v) is 2.62. The Balaban J connectivity index is 2.12. The lowest BCUT2D eigenvalue weighted by Gasteiger charge is -2.08. The number of aromatic nitrogens is 1. The van der Waals surface area contributed by atoms with Crippen LogP contribution in [0.25, 0.3) is 5.69 Å². The summed E-state index contributed by atoms with van der Waals surface area (Å²) in [7, 11) is 0. The van der Waals surface area contributed by atoms with E-state index in [0.29, 0.717) is 12.8 Å². The normalized spacial score (nSPS) is 15.1. The number of hydrogen-bond acceptors (Lipinski definition) is 3. The van der Waals surface area contributed by atoms with Crippen molar-refractivity contribution in [3.05, 3.63) is 64.1 Å². The summed E-state index contributed by atoms with van der Waals surface area (Å²) in [5.41, 5.74) is 1.33. The molecule has 20 heavy (non-hydrogen) atoms. The summed E-state index contributed by atoms with van der Waals surface area (Å²) >= 11 is 0. The number of benzene rings is 1. The van der Waals surface area contributed by atoms with Crippen LogP contribution in [0.1, 0.15) is 11.1 Å². The van der Waals surface area contributed by atoms with E-state index in [4.69, 9.17) is 0 Å². The molecular weight excluding hydrogens is 250 g/mol. The zero-order valence-corrected chi connectivity index (χ0v) is 10.7. The van der Waals surface area contributed by atoms with E-state index in [0.717, 1.165) is 16.8 Å². The minimum Gasteiger partial charge on any atom is -0.284 e. The molecule has 0 aliphatic heterocycles. The SMILES string of the molecule is N#CC1(C#N)Cc2cc(=O)n(-c3ccccc3)cc2C1. The molecule has 0 bridgehead atoms. The molecule has 0 atom stereocenters. The van der Waals surface area contributed by atoms with Gasteiger partial charge in [-0.05, 0) is 23.3 Å². The highest BCUT2D eigenvalue weighted by Gasteiger charge is 2.38. The summed E-state index contributed by atoms with van der Waals surface area (Å²) < 4.78 is 1.56. The Labute approximate surface area is 116 Å². The fraction of sp³-hybridized carbons (Fsp3) is 0.188. The number of para-hydroxylation sites is 1. The number of pyridine rings is 1. The Hall–Kier alpha value is -2.85. The number of rotatable bonds is 1. The van der Waals surface area contributed by atoms with Crippen molar-refractivity contribution in [1.29, 1.82) is 10.5 Å². The van der Waals surface area contributed by atoms with Crippen LogP contribution in [-0.4, -0.2) is 4.57 Å². The van der Waals surface area contributed by atoms with E-state index in [1.54, 1.807) is 16.8 Å². The summed E-state index contributed by atoms with van der Waals surface area (Å²) in [6, 6.07) is 15.0. The Morgan fingerprint density at radius 2 is 1.70 bits per heavy atom. The van der Waals surface area contributed by atoms with Gasteiger partial charge in [0.2, 0.25) is 0 Å². The van der Waals surface area contributed by atoms with Crippen LogP contribution >= 0.6 is 0 Å². The van der Waals surface area contributed by atoms with Crippen LogP contribution in [0.5, 0.6) is 0 Å². The Morgan fingerprint density at radius 1 is 1.05 bits per heavy atom. The molecule has 0 saturated heterocycles. The largest absolute Gasteiger partial charge is 0.284 e. The van der Waals surface area contributed by atoms with E-state index in [2.05, 4.69) is 12.1 Å².